The molecular formula is C15H10O4. The molecule has 94 valence electrons. The normalized spacial score (nSPS) is 14.7. The van der Waals surface area contributed by atoms with E-state index < -0.39 is 5.43 Å². The van der Waals surface area contributed by atoms with Crippen LogP contribution in [0.25, 0.3) is 22.1 Å². The lowest BCUT2D eigenvalue weighted by atomic mass is 10.1. The molecule has 2 aromatic carbocycles. The second-order valence-electron chi connectivity index (χ2n) is 3.83. The van der Waals surface area contributed by atoms with E-state index in [2.05, 4.69) is 10.2 Å². The monoisotopic (exact) mass is 260 g/mol. The summed E-state index contributed by atoms with van der Waals surface area (Å²) in [4.78, 5) is 12.7. The predicted octanol–water partition coefficient (Wildman–Crippen LogP) is 2.87. The molecule has 2 N–H and O–H groups in total. The van der Waals surface area contributed by atoms with Gasteiger partial charge in [0.1, 0.15) is 23.3 Å². The molecule has 0 saturated carbocycles. The molecule has 0 amide bonds. The zero-order chi connectivity index (χ0) is 18.3. The van der Waals surface area contributed by atoms with Crippen molar-refractivity contribution >= 4 is 11.0 Å². The molecule has 1 heterocycles. The van der Waals surface area contributed by atoms with E-state index in [1.54, 1.807) is 0 Å². The Morgan fingerprint density at radius 2 is 1.84 bits per heavy atom. The van der Waals surface area contributed by atoms with Gasteiger partial charge in [0, 0.05) is 6.04 Å². The van der Waals surface area contributed by atoms with Crippen molar-refractivity contribution in [2.24, 2.45) is 0 Å². The fourth-order valence-corrected chi connectivity index (χ4v) is 1.71. The van der Waals surface area contributed by atoms with Crippen LogP contribution in [0, 0.1) is 0 Å². The van der Waals surface area contributed by atoms with Gasteiger partial charge in [-0.3, -0.25) is 4.79 Å². The van der Waals surface area contributed by atoms with E-state index in [1.807, 2.05) is 0 Å². The summed E-state index contributed by atoms with van der Waals surface area (Å²) in [6, 6.07) is 2.47. The summed E-state index contributed by atoms with van der Waals surface area (Å²) in [5, 5.41) is 8.39. The number of rotatable bonds is 3. The largest absolute Gasteiger partial charge is 0.508 e. The predicted molar refractivity (Wildman–Crippen MR) is 71.2 cm³/mol. The molecule has 0 spiro atoms. The van der Waals surface area contributed by atoms with E-state index in [-0.39, 0.29) is 57.8 Å². The summed E-state index contributed by atoms with van der Waals surface area (Å²) in [6.07, 6.45) is 1.08. The molecule has 0 unspecified atom stereocenters. The standard InChI is InChI=1S/C15H10O4/c16-10-3-1-9(2-4-10)13-8-19-14-7-11(17)5-6-12(14)15(13)18/h1-8,16-17H/i3D,4D,5D,7D/hD2. The summed E-state index contributed by atoms with van der Waals surface area (Å²) < 4.78 is 50.2. The molecule has 0 atom stereocenters. The first kappa shape index (κ1) is 6.43. The zero-order valence-electron chi connectivity index (χ0n) is 15.4. The third kappa shape index (κ3) is 1.93. The number of phenolic OH excluding ortho intramolecular Hbond substituents is 2. The van der Waals surface area contributed by atoms with Crippen LogP contribution >= 0.6 is 0 Å². The number of benzene rings is 2. The van der Waals surface area contributed by atoms with Gasteiger partial charge in [0.25, 0.3) is 2.86 Å². The van der Waals surface area contributed by atoms with Crippen LogP contribution in [0.5, 0.6) is 11.5 Å². The Hall–Kier alpha value is -2.75. The summed E-state index contributed by atoms with van der Waals surface area (Å²) >= 11 is 0. The molecule has 19 heavy (non-hydrogen) atoms. The number of hydrogen-bond donors (Lipinski definition) is 2. The molecule has 1 aromatic heterocycles. The molecule has 0 bridgehead atoms. The van der Waals surface area contributed by atoms with E-state index in [0.717, 1.165) is 12.3 Å². The topological polar surface area (TPSA) is 70.7 Å². The minimum absolute atomic E-state index is 0.0318. The van der Waals surface area contributed by atoms with Crippen LogP contribution in [0.2, 0.25) is 0 Å². The minimum Gasteiger partial charge on any atom is -0.508 e. The molecule has 3 rings (SSSR count). The van der Waals surface area contributed by atoms with Crippen molar-refractivity contribution in [3.63, 3.8) is 0 Å². The van der Waals surface area contributed by atoms with Crippen LogP contribution in [0.3, 0.4) is 0 Å². The summed E-state index contributed by atoms with van der Waals surface area (Å²) in [7, 11) is 0. The highest BCUT2D eigenvalue weighted by atomic mass is 16.3. The quantitative estimate of drug-likeness (QED) is 0.759. The van der Waals surface area contributed by atoms with Crippen LogP contribution in [0.15, 0.2) is 57.8 Å². The van der Waals surface area contributed by atoms with Crippen molar-refractivity contribution in [2.75, 3.05) is 0 Å². The van der Waals surface area contributed by atoms with Crippen molar-refractivity contribution in [1.29, 1.82) is 2.86 Å². The third-order valence-corrected chi connectivity index (χ3v) is 2.63. The van der Waals surface area contributed by atoms with Gasteiger partial charge in [-0.2, -0.15) is 0 Å². The van der Waals surface area contributed by atoms with Crippen molar-refractivity contribution in [3.05, 3.63) is 58.9 Å². The fourth-order valence-electron chi connectivity index (χ4n) is 1.71. The van der Waals surface area contributed by atoms with E-state index in [1.165, 1.54) is 12.1 Å². The van der Waals surface area contributed by atoms with Gasteiger partial charge in [-0.25, -0.2) is 0 Å². The first-order valence-electron chi connectivity index (χ1n) is 8.14. The smallest absolute Gasteiger partial charge is 0.293 e. The zero-order valence-corrected chi connectivity index (χ0v) is 9.44. The maximum atomic E-state index is 12.7. The molecule has 0 aliphatic rings. The average molecular weight is 260 g/mol. The SMILES string of the molecule is [2H]Oc1c([2H])cc(-c2coc3c([2H])c(O[2H])c([2H])cc3c2=O)cc1[2H]. The van der Waals surface area contributed by atoms with Gasteiger partial charge in [-0.15, -0.1) is 0 Å². The number of aromatic hydroxyl groups is 2. The molecule has 0 fully saturated rings. The van der Waals surface area contributed by atoms with Gasteiger partial charge < -0.3 is 14.6 Å². The molecule has 3 aromatic rings. The lowest BCUT2D eigenvalue weighted by Crippen LogP contribution is -2.04. The Bertz CT molecular complexity index is 1020. The van der Waals surface area contributed by atoms with E-state index in [9.17, 15) is 4.79 Å². The minimum atomic E-state index is -0.557. The number of phenols is 2. The molecular weight excluding hydrogens is 244 g/mol. The summed E-state index contributed by atoms with van der Waals surface area (Å²) in [5.74, 6) is -0.574. The van der Waals surface area contributed by atoms with Crippen LogP contribution in [-0.2, 0) is 0 Å². The lowest BCUT2D eigenvalue weighted by Gasteiger charge is -2.03. The number of hydrogen-bond acceptors (Lipinski definition) is 4. The van der Waals surface area contributed by atoms with Gasteiger partial charge in [0.05, 0.1) is 16.4 Å². The lowest BCUT2D eigenvalue weighted by molar-refractivity contribution is 0.473. The number of fused-ring (bicyclic) bond motifs is 1. The highest BCUT2D eigenvalue weighted by molar-refractivity contribution is 5.82. The van der Waals surface area contributed by atoms with Crippen LogP contribution in [-0.4, -0.2) is 13.1 Å². The summed E-state index contributed by atoms with van der Waals surface area (Å²) in [6.45, 7) is 0. The average Bonchev–Trinajstić information content (AvgIpc) is 2.56. The van der Waals surface area contributed by atoms with E-state index in [0.29, 0.717) is 0 Å². The van der Waals surface area contributed by atoms with Crippen LogP contribution in [0.1, 0.15) is 5.48 Å². The molecule has 0 aliphatic heterocycles. The first-order valence-corrected chi connectivity index (χ1v) is 5.32. The van der Waals surface area contributed by atoms with Gasteiger partial charge in [-0.05, 0) is 29.8 Å². The Morgan fingerprint density at radius 3 is 2.58 bits per heavy atom. The van der Waals surface area contributed by atoms with Crippen LogP contribution < -0.4 is 5.43 Å². The Balaban J connectivity index is 2.30. The molecule has 0 aliphatic carbocycles. The second-order valence-corrected chi connectivity index (χ2v) is 3.83. The summed E-state index contributed by atoms with van der Waals surface area (Å²) in [5.41, 5.74) is -0.442. The highest BCUT2D eigenvalue weighted by Crippen LogP contribution is 2.23. The molecule has 4 nitrogen and oxygen atoms in total. The van der Waals surface area contributed by atoms with Gasteiger partial charge >= 0.3 is 0 Å². The molecule has 4 heteroatoms. The van der Waals surface area contributed by atoms with Crippen molar-refractivity contribution in [1.82, 2.24) is 0 Å². The first-order chi connectivity index (χ1) is 11.9. The Kier molecular flexibility index (Phi) is 1.41. The third-order valence-electron chi connectivity index (χ3n) is 2.63. The van der Waals surface area contributed by atoms with Crippen molar-refractivity contribution in [3.8, 4) is 22.6 Å². The molecule has 0 saturated heterocycles. The van der Waals surface area contributed by atoms with Gasteiger partial charge in [-0.1, -0.05) is 12.1 Å². The maximum Gasteiger partial charge on any atom is 0.293 e. The van der Waals surface area contributed by atoms with Gasteiger partial charge in [0.2, 0.25) is 0 Å². The van der Waals surface area contributed by atoms with Crippen molar-refractivity contribution < 1.29 is 20.1 Å². The van der Waals surface area contributed by atoms with E-state index >= 15 is 0 Å². The fraction of sp³-hybridized carbons (Fsp3) is 0. The van der Waals surface area contributed by atoms with Crippen molar-refractivity contribution in [2.45, 2.75) is 0 Å². The molecule has 0 radical (unpaired) electrons. The van der Waals surface area contributed by atoms with Gasteiger partial charge in [0.15, 0.2) is 5.43 Å². The Morgan fingerprint density at radius 1 is 1.11 bits per heavy atom. The van der Waals surface area contributed by atoms with Crippen LogP contribution in [0.4, 0.5) is 0 Å². The highest BCUT2D eigenvalue weighted by Gasteiger charge is 2.09. The maximum absolute atomic E-state index is 12.7. The Labute approximate surface area is 116 Å². The second kappa shape index (κ2) is 4.17. The van der Waals surface area contributed by atoms with E-state index in [4.69, 9.17) is 12.8 Å².